The summed E-state index contributed by atoms with van der Waals surface area (Å²) in [5.41, 5.74) is 0.767. The fourth-order valence-electron chi connectivity index (χ4n) is 4.94. The number of rotatable bonds is 27. The SMILES string of the molecule is Cc1cc(OCCCC(=O)NCCCOCCOCCOCCCNC(=O)OCc2ccccc2)cc(C)c1S(=O)(=O)NC(CNC(=O)OC(C)(C)C)C(=O)O. The minimum absolute atomic E-state index is 0.104. The third-order valence-corrected chi connectivity index (χ3v) is 9.22. The molecular formula is C38H58N4O13S. The number of alkyl carbamates (subject to hydrolysis) is 2. The Kier molecular flexibility index (Phi) is 21.8. The Morgan fingerprint density at radius 2 is 1.32 bits per heavy atom. The molecule has 1 unspecified atom stereocenters. The van der Waals surface area contributed by atoms with Crippen molar-refractivity contribution < 1.29 is 61.1 Å². The molecule has 56 heavy (non-hydrogen) atoms. The molecule has 0 fully saturated rings. The number of aryl methyl sites for hydroxylation is 2. The minimum atomic E-state index is -4.30. The Morgan fingerprint density at radius 1 is 0.750 bits per heavy atom. The van der Waals surface area contributed by atoms with E-state index in [1.807, 2.05) is 30.3 Å². The molecular weight excluding hydrogens is 753 g/mol. The lowest BCUT2D eigenvalue weighted by atomic mass is 10.1. The summed E-state index contributed by atoms with van der Waals surface area (Å²) in [4.78, 5) is 47.5. The second-order valence-electron chi connectivity index (χ2n) is 13.6. The van der Waals surface area contributed by atoms with Crippen molar-refractivity contribution in [2.24, 2.45) is 0 Å². The first-order valence-electron chi connectivity index (χ1n) is 18.5. The first-order chi connectivity index (χ1) is 26.6. The third-order valence-electron chi connectivity index (χ3n) is 7.44. The number of ether oxygens (including phenoxy) is 6. The number of carbonyl (C=O) groups excluding carboxylic acids is 3. The van der Waals surface area contributed by atoms with Crippen LogP contribution in [0.1, 0.15) is 63.1 Å². The van der Waals surface area contributed by atoms with Gasteiger partial charge in [-0.25, -0.2) is 18.0 Å². The number of amides is 3. The van der Waals surface area contributed by atoms with Crippen LogP contribution in [0.4, 0.5) is 9.59 Å². The molecule has 18 heteroatoms. The highest BCUT2D eigenvalue weighted by Crippen LogP contribution is 2.26. The number of benzene rings is 2. The number of hydrogen-bond donors (Lipinski definition) is 5. The molecule has 0 saturated carbocycles. The molecule has 17 nitrogen and oxygen atoms in total. The molecule has 0 aromatic heterocycles. The summed E-state index contributed by atoms with van der Waals surface area (Å²) in [5, 5.41) is 17.3. The highest BCUT2D eigenvalue weighted by Gasteiger charge is 2.29. The molecule has 0 bridgehead atoms. The van der Waals surface area contributed by atoms with Crippen molar-refractivity contribution in [1.29, 1.82) is 0 Å². The molecule has 2 aromatic carbocycles. The average molecular weight is 811 g/mol. The van der Waals surface area contributed by atoms with E-state index in [1.54, 1.807) is 34.6 Å². The molecule has 1 atom stereocenters. The van der Waals surface area contributed by atoms with Crippen molar-refractivity contribution in [1.82, 2.24) is 20.7 Å². The normalized spacial score (nSPS) is 12.0. The van der Waals surface area contributed by atoms with E-state index in [0.29, 0.717) is 88.9 Å². The van der Waals surface area contributed by atoms with Crippen molar-refractivity contribution in [3.05, 3.63) is 59.2 Å². The number of hydrogen-bond acceptors (Lipinski definition) is 12. The zero-order chi connectivity index (χ0) is 41.4. The first kappa shape index (κ1) is 47.7. The maximum absolute atomic E-state index is 13.2. The summed E-state index contributed by atoms with van der Waals surface area (Å²) >= 11 is 0. The monoisotopic (exact) mass is 810 g/mol. The predicted octanol–water partition coefficient (Wildman–Crippen LogP) is 3.59. The fourth-order valence-corrected chi connectivity index (χ4v) is 6.58. The Bertz CT molecular complexity index is 1600. The van der Waals surface area contributed by atoms with Crippen LogP contribution in [0.25, 0.3) is 0 Å². The van der Waals surface area contributed by atoms with Crippen LogP contribution in [0.3, 0.4) is 0 Å². The van der Waals surface area contributed by atoms with Gasteiger partial charge in [0.2, 0.25) is 15.9 Å². The summed E-state index contributed by atoms with van der Waals surface area (Å²) in [7, 11) is -4.30. The molecule has 5 N–H and O–H groups in total. The van der Waals surface area contributed by atoms with Crippen LogP contribution >= 0.6 is 0 Å². The average Bonchev–Trinajstić information content (AvgIpc) is 3.11. The van der Waals surface area contributed by atoms with Gasteiger partial charge in [0.05, 0.1) is 37.9 Å². The summed E-state index contributed by atoms with van der Waals surface area (Å²) in [6.07, 6.45) is 0.602. The molecule has 3 amide bonds. The molecule has 0 saturated heterocycles. The Hall–Kier alpha value is -4.49. The van der Waals surface area contributed by atoms with Gasteiger partial charge in [-0.1, -0.05) is 30.3 Å². The Balaban J connectivity index is 1.51. The van der Waals surface area contributed by atoms with Crippen molar-refractivity contribution in [3.63, 3.8) is 0 Å². The van der Waals surface area contributed by atoms with Gasteiger partial charge in [0, 0.05) is 39.3 Å². The van der Waals surface area contributed by atoms with Gasteiger partial charge in [0.15, 0.2) is 0 Å². The maximum atomic E-state index is 13.2. The third kappa shape index (κ3) is 21.0. The molecule has 0 spiro atoms. The molecule has 0 heterocycles. The number of carbonyl (C=O) groups is 4. The topological polar surface area (TPSA) is 226 Å². The van der Waals surface area contributed by atoms with Crippen LogP contribution in [-0.2, 0) is 49.9 Å². The standard InChI is InChI=1S/C38H58N4O13S/c1-28-24-31(25-29(2)34(28)56(48,49)42-32(35(44)45)26-41-37(47)55-38(3,4)5)53-19-9-14-33(43)39-15-10-17-50-20-22-52-23-21-51-18-11-16-40-36(46)54-27-30-12-7-6-8-13-30/h6-8,12-13,24-25,32,42H,9-11,14-23,26-27H2,1-5H3,(H,39,43)(H,40,46)(H,41,47)(H,44,45). The maximum Gasteiger partial charge on any atom is 0.407 e. The molecule has 0 aliphatic carbocycles. The van der Waals surface area contributed by atoms with E-state index in [0.717, 1.165) is 5.56 Å². The molecule has 0 aliphatic rings. The number of nitrogens with one attached hydrogen (secondary N) is 4. The molecule has 2 aromatic rings. The van der Waals surface area contributed by atoms with Gasteiger partial charge in [-0.05, 0) is 82.7 Å². The van der Waals surface area contributed by atoms with E-state index in [2.05, 4.69) is 20.7 Å². The van der Waals surface area contributed by atoms with E-state index in [9.17, 15) is 32.7 Å². The second kappa shape index (κ2) is 25.6. The Labute approximate surface area is 329 Å². The molecule has 0 radical (unpaired) electrons. The number of carboxylic acid groups (broad SMARTS) is 1. The van der Waals surface area contributed by atoms with Crippen LogP contribution < -0.4 is 25.4 Å². The number of carboxylic acids is 1. The number of aliphatic carboxylic acids is 1. The van der Waals surface area contributed by atoms with Crippen LogP contribution in [0.2, 0.25) is 0 Å². The summed E-state index contributed by atoms with van der Waals surface area (Å²) in [5.74, 6) is -1.21. The van der Waals surface area contributed by atoms with Gasteiger partial charge < -0.3 is 49.5 Å². The van der Waals surface area contributed by atoms with Crippen molar-refractivity contribution in [2.45, 2.75) is 83.4 Å². The van der Waals surface area contributed by atoms with E-state index in [1.165, 1.54) is 12.1 Å². The largest absolute Gasteiger partial charge is 0.494 e. The first-order valence-corrected chi connectivity index (χ1v) is 20.0. The summed E-state index contributed by atoms with van der Waals surface area (Å²) in [6.45, 7) is 11.5. The van der Waals surface area contributed by atoms with E-state index in [4.69, 9.17) is 28.4 Å². The van der Waals surface area contributed by atoms with Gasteiger partial charge in [0.1, 0.15) is 24.0 Å². The second-order valence-corrected chi connectivity index (χ2v) is 15.3. The lowest BCUT2D eigenvalue weighted by Gasteiger charge is -2.21. The van der Waals surface area contributed by atoms with Gasteiger partial charge >= 0.3 is 18.2 Å². The quantitative estimate of drug-likeness (QED) is 0.0815. The highest BCUT2D eigenvalue weighted by molar-refractivity contribution is 7.89. The van der Waals surface area contributed by atoms with Gasteiger partial charge in [-0.2, -0.15) is 4.72 Å². The van der Waals surface area contributed by atoms with Gasteiger partial charge in [0.25, 0.3) is 0 Å². The highest BCUT2D eigenvalue weighted by atomic mass is 32.2. The van der Waals surface area contributed by atoms with Crippen LogP contribution in [0, 0.1) is 13.8 Å². The predicted molar refractivity (Wildman–Crippen MR) is 206 cm³/mol. The minimum Gasteiger partial charge on any atom is -0.494 e. The number of sulfonamides is 1. The van der Waals surface area contributed by atoms with Crippen molar-refractivity contribution in [2.75, 3.05) is 65.9 Å². The van der Waals surface area contributed by atoms with E-state index in [-0.39, 0.29) is 30.4 Å². The molecule has 0 aliphatic heterocycles. The van der Waals surface area contributed by atoms with E-state index >= 15 is 0 Å². The van der Waals surface area contributed by atoms with E-state index < -0.39 is 46.4 Å². The smallest absolute Gasteiger partial charge is 0.407 e. The van der Waals surface area contributed by atoms with Crippen molar-refractivity contribution >= 4 is 34.1 Å². The zero-order valence-electron chi connectivity index (χ0n) is 33.0. The van der Waals surface area contributed by atoms with Gasteiger partial charge in [-0.3, -0.25) is 9.59 Å². The van der Waals surface area contributed by atoms with Crippen LogP contribution in [0.15, 0.2) is 47.4 Å². The molecule has 2 rings (SSSR count). The lowest BCUT2D eigenvalue weighted by molar-refractivity contribution is -0.138. The van der Waals surface area contributed by atoms with Crippen LogP contribution in [0.5, 0.6) is 5.75 Å². The lowest BCUT2D eigenvalue weighted by Crippen LogP contribution is -2.49. The molecule has 314 valence electrons. The van der Waals surface area contributed by atoms with Gasteiger partial charge in [-0.15, -0.1) is 0 Å². The Morgan fingerprint density at radius 3 is 1.89 bits per heavy atom. The van der Waals surface area contributed by atoms with Crippen LogP contribution in [-0.4, -0.2) is 115 Å². The van der Waals surface area contributed by atoms with Crippen molar-refractivity contribution in [3.8, 4) is 5.75 Å². The zero-order valence-corrected chi connectivity index (χ0v) is 33.8. The fraction of sp³-hybridized carbons (Fsp3) is 0.579. The summed E-state index contributed by atoms with van der Waals surface area (Å²) in [6, 6.07) is 10.8. The summed E-state index contributed by atoms with van der Waals surface area (Å²) < 4.78 is 61.0.